The first-order chi connectivity index (χ1) is 5.91. The van der Waals surface area contributed by atoms with E-state index in [4.69, 9.17) is 10.5 Å². The molecule has 0 bridgehead atoms. The molecule has 3 N–H and O–H groups in total. The standard InChI is InChI=1S/C7H9N3O2S/c1-13(9,12)6-4-5(7(8)11)2-3-10-6/h2-4,9H,1H3,(H2,8,11). The molecule has 1 atom stereocenters. The summed E-state index contributed by atoms with van der Waals surface area (Å²) >= 11 is 0. The predicted octanol–water partition coefficient (Wildman–Crippen LogP) is 0.216. The van der Waals surface area contributed by atoms with E-state index in [1.807, 2.05) is 0 Å². The second kappa shape index (κ2) is 3.14. The lowest BCUT2D eigenvalue weighted by atomic mass is 10.3. The summed E-state index contributed by atoms with van der Waals surface area (Å²) in [4.78, 5) is 14.4. The van der Waals surface area contributed by atoms with Crippen molar-refractivity contribution in [2.75, 3.05) is 6.26 Å². The lowest BCUT2D eigenvalue weighted by Crippen LogP contribution is -2.12. The van der Waals surface area contributed by atoms with Crippen molar-refractivity contribution in [2.45, 2.75) is 5.03 Å². The molecule has 0 spiro atoms. The number of carbonyl (C=O) groups is 1. The summed E-state index contributed by atoms with van der Waals surface area (Å²) in [5.41, 5.74) is 5.22. The highest BCUT2D eigenvalue weighted by molar-refractivity contribution is 7.91. The largest absolute Gasteiger partial charge is 0.366 e. The van der Waals surface area contributed by atoms with Gasteiger partial charge >= 0.3 is 0 Å². The van der Waals surface area contributed by atoms with Crippen molar-refractivity contribution in [3.05, 3.63) is 23.9 Å². The zero-order valence-electron chi connectivity index (χ0n) is 6.98. The van der Waals surface area contributed by atoms with Crippen molar-refractivity contribution in [3.63, 3.8) is 0 Å². The van der Waals surface area contributed by atoms with Crippen LogP contribution in [0.5, 0.6) is 0 Å². The lowest BCUT2D eigenvalue weighted by molar-refractivity contribution is 0.1000. The number of carbonyl (C=O) groups excluding carboxylic acids is 1. The fourth-order valence-electron chi connectivity index (χ4n) is 0.776. The van der Waals surface area contributed by atoms with Gasteiger partial charge in [0.25, 0.3) is 0 Å². The first kappa shape index (κ1) is 9.66. The Bertz CT molecular complexity index is 439. The fraction of sp³-hybridized carbons (Fsp3) is 0.143. The topological polar surface area (TPSA) is 96.9 Å². The van der Waals surface area contributed by atoms with Crippen molar-refractivity contribution in [1.82, 2.24) is 4.98 Å². The average molecular weight is 199 g/mol. The number of nitrogens with one attached hydrogen (secondary N) is 1. The van der Waals surface area contributed by atoms with Gasteiger partial charge in [-0.25, -0.2) is 14.0 Å². The molecule has 0 fully saturated rings. The highest BCUT2D eigenvalue weighted by Crippen LogP contribution is 2.07. The van der Waals surface area contributed by atoms with E-state index in [1.54, 1.807) is 0 Å². The van der Waals surface area contributed by atoms with E-state index in [0.29, 0.717) is 0 Å². The second-order valence-corrected chi connectivity index (χ2v) is 4.70. The third-order valence-electron chi connectivity index (χ3n) is 1.42. The van der Waals surface area contributed by atoms with E-state index >= 15 is 0 Å². The summed E-state index contributed by atoms with van der Waals surface area (Å²) in [6.07, 6.45) is 2.55. The lowest BCUT2D eigenvalue weighted by Gasteiger charge is -2.00. The van der Waals surface area contributed by atoms with Crippen LogP contribution in [0.25, 0.3) is 0 Å². The minimum atomic E-state index is -2.88. The van der Waals surface area contributed by atoms with E-state index in [-0.39, 0.29) is 10.6 Å². The average Bonchev–Trinajstić information content (AvgIpc) is 2.03. The highest BCUT2D eigenvalue weighted by Gasteiger charge is 2.07. The third-order valence-corrected chi connectivity index (χ3v) is 2.44. The van der Waals surface area contributed by atoms with Gasteiger partial charge in [-0.05, 0) is 12.1 Å². The Morgan fingerprint density at radius 2 is 2.31 bits per heavy atom. The predicted molar refractivity (Wildman–Crippen MR) is 47.8 cm³/mol. The zero-order valence-corrected chi connectivity index (χ0v) is 7.80. The molecule has 1 unspecified atom stereocenters. The Balaban J connectivity index is 3.29. The van der Waals surface area contributed by atoms with Gasteiger partial charge in [0, 0.05) is 18.0 Å². The number of nitrogens with zero attached hydrogens (tertiary/aromatic N) is 1. The summed E-state index contributed by atoms with van der Waals surface area (Å²) in [6, 6.07) is 2.69. The molecule has 1 aromatic heterocycles. The Hall–Kier alpha value is -1.43. The van der Waals surface area contributed by atoms with Crippen LogP contribution in [-0.2, 0) is 9.73 Å². The molecule has 0 aliphatic rings. The van der Waals surface area contributed by atoms with E-state index in [1.165, 1.54) is 24.6 Å². The molecular formula is C7H9N3O2S. The molecule has 1 aromatic rings. The van der Waals surface area contributed by atoms with Crippen LogP contribution in [0.1, 0.15) is 10.4 Å². The van der Waals surface area contributed by atoms with Gasteiger partial charge in [-0.1, -0.05) is 0 Å². The van der Waals surface area contributed by atoms with Gasteiger partial charge in [0.15, 0.2) is 0 Å². The molecule has 0 aliphatic heterocycles. The van der Waals surface area contributed by atoms with Crippen molar-refractivity contribution in [3.8, 4) is 0 Å². The summed E-state index contributed by atoms with van der Waals surface area (Å²) in [5.74, 6) is -0.618. The molecule has 1 amide bonds. The zero-order chi connectivity index (χ0) is 10.1. The monoisotopic (exact) mass is 199 g/mol. The van der Waals surface area contributed by atoms with Crippen molar-refractivity contribution in [2.24, 2.45) is 5.73 Å². The molecule has 13 heavy (non-hydrogen) atoms. The van der Waals surface area contributed by atoms with Crippen LogP contribution in [0.4, 0.5) is 0 Å². The maximum atomic E-state index is 11.2. The van der Waals surface area contributed by atoms with E-state index in [2.05, 4.69) is 4.98 Å². The van der Waals surface area contributed by atoms with Crippen LogP contribution in [0.3, 0.4) is 0 Å². The minimum absolute atomic E-state index is 0.0730. The van der Waals surface area contributed by atoms with Crippen LogP contribution < -0.4 is 5.73 Å². The summed E-state index contributed by atoms with van der Waals surface area (Å²) in [5, 5.41) is 0.0730. The van der Waals surface area contributed by atoms with E-state index in [9.17, 15) is 9.00 Å². The molecule has 70 valence electrons. The van der Waals surface area contributed by atoms with Gasteiger partial charge < -0.3 is 5.73 Å². The number of aromatic nitrogens is 1. The number of nitrogens with two attached hydrogens (primary N) is 1. The number of primary amides is 1. The van der Waals surface area contributed by atoms with Gasteiger partial charge in [0.2, 0.25) is 5.91 Å². The SMILES string of the molecule is CS(=N)(=O)c1cc(C(N)=O)ccn1. The fourth-order valence-corrected chi connectivity index (χ4v) is 1.39. The summed E-state index contributed by atoms with van der Waals surface area (Å²) < 4.78 is 18.4. The number of rotatable bonds is 2. The van der Waals surface area contributed by atoms with Crippen molar-refractivity contribution < 1.29 is 9.00 Å². The molecule has 1 rings (SSSR count). The summed E-state index contributed by atoms with van der Waals surface area (Å²) in [7, 11) is -2.88. The number of hydrogen-bond acceptors (Lipinski definition) is 4. The smallest absolute Gasteiger partial charge is 0.248 e. The Labute approximate surface area is 76.0 Å². The summed E-state index contributed by atoms with van der Waals surface area (Å²) in [6.45, 7) is 0. The quantitative estimate of drug-likeness (QED) is 0.712. The molecular weight excluding hydrogens is 190 g/mol. The van der Waals surface area contributed by atoms with Gasteiger partial charge in [-0.2, -0.15) is 0 Å². The Morgan fingerprint density at radius 3 is 2.77 bits per heavy atom. The van der Waals surface area contributed by atoms with Crippen LogP contribution in [-0.4, -0.2) is 21.4 Å². The number of amides is 1. The van der Waals surface area contributed by atoms with Gasteiger partial charge in [0.1, 0.15) is 5.03 Å². The third kappa shape index (κ3) is 2.25. The molecule has 5 nitrogen and oxygen atoms in total. The van der Waals surface area contributed by atoms with E-state index < -0.39 is 15.6 Å². The van der Waals surface area contributed by atoms with Crippen molar-refractivity contribution >= 4 is 15.6 Å². The molecule has 0 aliphatic carbocycles. The molecule has 0 saturated carbocycles. The van der Waals surface area contributed by atoms with Crippen LogP contribution in [0.15, 0.2) is 23.4 Å². The van der Waals surface area contributed by atoms with Crippen molar-refractivity contribution in [1.29, 1.82) is 4.78 Å². The van der Waals surface area contributed by atoms with Gasteiger partial charge in [-0.3, -0.25) is 4.79 Å². The first-order valence-electron chi connectivity index (χ1n) is 3.41. The number of hydrogen-bond donors (Lipinski definition) is 2. The van der Waals surface area contributed by atoms with Gasteiger partial charge in [0.05, 0.1) is 9.73 Å². The molecule has 0 aromatic carbocycles. The minimum Gasteiger partial charge on any atom is -0.366 e. The Kier molecular flexibility index (Phi) is 2.33. The maximum absolute atomic E-state index is 11.2. The van der Waals surface area contributed by atoms with Crippen LogP contribution in [0, 0.1) is 4.78 Å². The first-order valence-corrected chi connectivity index (χ1v) is 5.37. The van der Waals surface area contributed by atoms with Crippen LogP contribution in [0.2, 0.25) is 0 Å². The van der Waals surface area contributed by atoms with E-state index in [0.717, 1.165) is 0 Å². The Morgan fingerprint density at radius 1 is 1.69 bits per heavy atom. The van der Waals surface area contributed by atoms with Crippen LogP contribution >= 0.6 is 0 Å². The number of pyridine rings is 1. The second-order valence-electron chi connectivity index (χ2n) is 2.59. The van der Waals surface area contributed by atoms with Gasteiger partial charge in [-0.15, -0.1) is 0 Å². The maximum Gasteiger partial charge on any atom is 0.248 e. The molecule has 0 saturated heterocycles. The highest BCUT2D eigenvalue weighted by atomic mass is 32.2. The molecule has 1 heterocycles. The molecule has 6 heteroatoms. The molecule has 0 radical (unpaired) electrons. The normalized spacial score (nSPS) is 14.8.